The SMILES string of the molecule is CC1C(=O)[C@H]2CC[C@]1(C)[C@@H](C(=O)Cl)C2. The number of Topliss-reactive ketones (excluding diaryl/α,β-unsaturated/α-hetero) is 1. The maximum atomic E-state index is 11.8. The Labute approximate surface area is 89.0 Å². The molecular weight excluding hydrogens is 200 g/mol. The van der Waals surface area contributed by atoms with Gasteiger partial charge in [-0.2, -0.15) is 0 Å². The van der Waals surface area contributed by atoms with Crippen molar-refractivity contribution in [3.8, 4) is 0 Å². The van der Waals surface area contributed by atoms with Gasteiger partial charge in [-0.05, 0) is 36.3 Å². The molecule has 0 amide bonds. The minimum absolute atomic E-state index is 0.00250. The van der Waals surface area contributed by atoms with E-state index in [0.29, 0.717) is 12.2 Å². The molecule has 14 heavy (non-hydrogen) atoms. The van der Waals surface area contributed by atoms with Gasteiger partial charge in [0.2, 0.25) is 5.24 Å². The molecule has 0 aromatic rings. The zero-order chi connectivity index (χ0) is 10.5. The molecule has 0 radical (unpaired) electrons. The van der Waals surface area contributed by atoms with Crippen LogP contribution in [0.3, 0.4) is 0 Å². The van der Waals surface area contributed by atoms with Gasteiger partial charge < -0.3 is 0 Å². The number of hydrogen-bond donors (Lipinski definition) is 0. The Bertz CT molecular complexity index is 300. The Kier molecular flexibility index (Phi) is 2.22. The van der Waals surface area contributed by atoms with E-state index in [2.05, 4.69) is 0 Å². The quantitative estimate of drug-likeness (QED) is 0.629. The van der Waals surface area contributed by atoms with Crippen LogP contribution in [-0.2, 0) is 9.59 Å². The van der Waals surface area contributed by atoms with Crippen molar-refractivity contribution in [2.75, 3.05) is 0 Å². The summed E-state index contributed by atoms with van der Waals surface area (Å²) in [4.78, 5) is 23.1. The second-order valence-electron chi connectivity index (χ2n) is 4.96. The van der Waals surface area contributed by atoms with Crippen LogP contribution in [0.2, 0.25) is 0 Å². The number of halogens is 1. The number of carbonyl (C=O) groups is 2. The van der Waals surface area contributed by atoms with Gasteiger partial charge in [0.25, 0.3) is 0 Å². The highest BCUT2D eigenvalue weighted by molar-refractivity contribution is 6.64. The topological polar surface area (TPSA) is 34.1 Å². The summed E-state index contributed by atoms with van der Waals surface area (Å²) in [6.07, 6.45) is 2.59. The van der Waals surface area contributed by atoms with Crippen LogP contribution in [0.4, 0.5) is 0 Å². The molecule has 3 rings (SSSR count). The van der Waals surface area contributed by atoms with Crippen molar-refractivity contribution in [1.82, 2.24) is 0 Å². The third-order valence-electron chi connectivity index (χ3n) is 4.44. The first-order valence-corrected chi connectivity index (χ1v) is 5.57. The average Bonchev–Trinajstić information content (AvgIpc) is 2.13. The molecule has 2 nitrogen and oxygen atoms in total. The minimum atomic E-state index is -0.253. The predicted octanol–water partition coefficient (Wildman–Crippen LogP) is 2.39. The first-order chi connectivity index (χ1) is 6.47. The molecule has 3 aliphatic carbocycles. The third kappa shape index (κ3) is 1.16. The Balaban J connectivity index is 2.36. The van der Waals surface area contributed by atoms with E-state index < -0.39 is 0 Å². The number of fused-ring (bicyclic) bond motifs is 3. The van der Waals surface area contributed by atoms with Crippen LogP contribution in [0.5, 0.6) is 0 Å². The fraction of sp³-hybridized carbons (Fsp3) is 0.818. The van der Waals surface area contributed by atoms with Crippen molar-refractivity contribution in [2.45, 2.75) is 33.1 Å². The van der Waals surface area contributed by atoms with Crippen LogP contribution in [-0.4, -0.2) is 11.0 Å². The van der Waals surface area contributed by atoms with E-state index in [9.17, 15) is 9.59 Å². The number of hydrogen-bond acceptors (Lipinski definition) is 2. The highest BCUT2D eigenvalue weighted by Crippen LogP contribution is 2.55. The van der Waals surface area contributed by atoms with Gasteiger partial charge in [-0.1, -0.05) is 13.8 Å². The summed E-state index contributed by atoms with van der Waals surface area (Å²) < 4.78 is 0. The molecule has 0 heterocycles. The molecule has 78 valence electrons. The molecule has 3 fully saturated rings. The van der Waals surface area contributed by atoms with Gasteiger partial charge in [0, 0.05) is 17.8 Å². The summed E-state index contributed by atoms with van der Waals surface area (Å²) in [5.74, 6) is 0.339. The van der Waals surface area contributed by atoms with Gasteiger partial charge in [-0.3, -0.25) is 9.59 Å². The highest BCUT2D eigenvalue weighted by atomic mass is 35.5. The average molecular weight is 215 g/mol. The van der Waals surface area contributed by atoms with Crippen LogP contribution in [0, 0.1) is 23.2 Å². The second-order valence-corrected chi connectivity index (χ2v) is 5.33. The van der Waals surface area contributed by atoms with E-state index in [4.69, 9.17) is 11.6 Å². The van der Waals surface area contributed by atoms with Gasteiger partial charge >= 0.3 is 0 Å². The Morgan fingerprint density at radius 1 is 1.57 bits per heavy atom. The standard InChI is InChI=1S/C11H15ClO2/c1-6-9(13)7-3-4-11(6,2)8(5-7)10(12)14/h6-8H,3-5H2,1-2H3/t6?,7-,8+,11-/m0/s1. The lowest BCUT2D eigenvalue weighted by molar-refractivity contribution is -0.150. The van der Waals surface area contributed by atoms with Gasteiger partial charge in [0.05, 0.1) is 0 Å². The van der Waals surface area contributed by atoms with E-state index in [0.717, 1.165) is 12.8 Å². The highest BCUT2D eigenvalue weighted by Gasteiger charge is 2.55. The molecule has 3 aliphatic rings. The summed E-state index contributed by atoms with van der Waals surface area (Å²) in [6.45, 7) is 3.98. The zero-order valence-electron chi connectivity index (χ0n) is 8.55. The van der Waals surface area contributed by atoms with Crippen molar-refractivity contribution in [1.29, 1.82) is 0 Å². The van der Waals surface area contributed by atoms with Crippen LogP contribution in [0.1, 0.15) is 33.1 Å². The molecule has 1 unspecified atom stereocenters. The molecule has 0 aromatic heterocycles. The van der Waals surface area contributed by atoms with Crippen LogP contribution in [0.15, 0.2) is 0 Å². The molecule has 0 aliphatic heterocycles. The van der Waals surface area contributed by atoms with Crippen LogP contribution in [0.25, 0.3) is 0 Å². The summed E-state index contributed by atoms with van der Waals surface area (Å²) in [7, 11) is 0. The molecule has 0 saturated heterocycles. The summed E-state index contributed by atoms with van der Waals surface area (Å²) >= 11 is 5.60. The summed E-state index contributed by atoms with van der Waals surface area (Å²) in [5, 5.41) is -0.253. The van der Waals surface area contributed by atoms with E-state index in [1.807, 2.05) is 13.8 Å². The monoisotopic (exact) mass is 214 g/mol. The maximum Gasteiger partial charge on any atom is 0.225 e. The van der Waals surface area contributed by atoms with Crippen molar-refractivity contribution < 1.29 is 9.59 Å². The van der Waals surface area contributed by atoms with Crippen molar-refractivity contribution in [3.63, 3.8) is 0 Å². The van der Waals surface area contributed by atoms with Gasteiger partial charge in [-0.25, -0.2) is 0 Å². The Hall–Kier alpha value is -0.370. The first kappa shape index (κ1) is 10.2. The minimum Gasteiger partial charge on any atom is -0.299 e. The molecule has 3 saturated carbocycles. The van der Waals surface area contributed by atoms with E-state index in [-0.39, 0.29) is 28.4 Å². The number of carbonyl (C=O) groups excluding carboxylic acids is 2. The molecule has 0 aromatic carbocycles. The van der Waals surface area contributed by atoms with E-state index in [1.165, 1.54) is 0 Å². The van der Waals surface area contributed by atoms with Gasteiger partial charge in [0.1, 0.15) is 5.78 Å². The lowest BCUT2D eigenvalue weighted by Crippen LogP contribution is -2.53. The fourth-order valence-electron chi connectivity index (χ4n) is 3.14. The second kappa shape index (κ2) is 3.06. The predicted molar refractivity (Wildman–Crippen MR) is 54.0 cm³/mol. The third-order valence-corrected chi connectivity index (χ3v) is 4.70. The van der Waals surface area contributed by atoms with Gasteiger partial charge in [0.15, 0.2) is 0 Å². The van der Waals surface area contributed by atoms with E-state index >= 15 is 0 Å². The molecule has 4 atom stereocenters. The van der Waals surface area contributed by atoms with Gasteiger partial charge in [-0.15, -0.1) is 0 Å². The lowest BCUT2D eigenvalue weighted by atomic mass is 9.51. The molecular formula is C11H15ClO2. The Morgan fingerprint density at radius 3 is 2.79 bits per heavy atom. The number of rotatable bonds is 1. The fourth-order valence-corrected chi connectivity index (χ4v) is 3.48. The molecule has 0 N–H and O–H groups in total. The number of ketones is 1. The summed E-state index contributed by atoms with van der Waals surface area (Å²) in [6, 6.07) is 0. The summed E-state index contributed by atoms with van der Waals surface area (Å²) in [5.41, 5.74) is -0.176. The molecule has 3 heteroatoms. The smallest absolute Gasteiger partial charge is 0.225 e. The van der Waals surface area contributed by atoms with Crippen molar-refractivity contribution >= 4 is 22.6 Å². The largest absolute Gasteiger partial charge is 0.299 e. The van der Waals surface area contributed by atoms with Crippen molar-refractivity contribution in [3.05, 3.63) is 0 Å². The van der Waals surface area contributed by atoms with Crippen LogP contribution >= 0.6 is 11.6 Å². The lowest BCUT2D eigenvalue weighted by Gasteiger charge is -2.51. The van der Waals surface area contributed by atoms with E-state index in [1.54, 1.807) is 0 Å². The van der Waals surface area contributed by atoms with Crippen molar-refractivity contribution in [2.24, 2.45) is 23.2 Å². The zero-order valence-corrected chi connectivity index (χ0v) is 9.30. The maximum absolute atomic E-state index is 11.8. The van der Waals surface area contributed by atoms with Crippen LogP contribution < -0.4 is 0 Å². The first-order valence-electron chi connectivity index (χ1n) is 5.20. The normalized spacial score (nSPS) is 46.8. The molecule has 2 bridgehead atoms. The molecule has 0 spiro atoms. The Morgan fingerprint density at radius 2 is 2.21 bits per heavy atom.